The Labute approximate surface area is 179 Å². The van der Waals surface area contributed by atoms with Gasteiger partial charge in [-0.25, -0.2) is 14.4 Å². The van der Waals surface area contributed by atoms with Crippen molar-refractivity contribution in [3.63, 3.8) is 0 Å². The van der Waals surface area contributed by atoms with Crippen LogP contribution in [0.5, 0.6) is 0 Å². The highest BCUT2D eigenvalue weighted by molar-refractivity contribution is 5.85. The maximum Gasteiger partial charge on any atom is 0.330 e. The van der Waals surface area contributed by atoms with Crippen LogP contribution in [0.1, 0.15) is 45.1 Å². The minimum Gasteiger partial charge on any atom is -0.478 e. The van der Waals surface area contributed by atoms with Crippen LogP contribution < -0.4 is 0 Å². The summed E-state index contributed by atoms with van der Waals surface area (Å²) in [6.45, 7) is 17.7. The SMILES string of the molecule is C=C(CCC)C(=O)O.C=CC(=O)O.C=CC(=O)OCCCC.C=Cc1ccccc1. The Hall–Kier alpha value is -3.41. The first-order valence-electron chi connectivity index (χ1n) is 9.43. The van der Waals surface area contributed by atoms with E-state index in [2.05, 4.69) is 31.1 Å². The molecule has 2 N–H and O–H groups in total. The Morgan fingerprint density at radius 2 is 1.50 bits per heavy atom. The lowest BCUT2D eigenvalue weighted by atomic mass is 10.2. The molecule has 0 spiro atoms. The first kappa shape index (κ1) is 31.3. The van der Waals surface area contributed by atoms with Crippen LogP contribution in [0, 0.1) is 0 Å². The normalized spacial score (nSPS) is 8.20. The van der Waals surface area contributed by atoms with Crippen molar-refractivity contribution in [3.8, 4) is 0 Å². The summed E-state index contributed by atoms with van der Waals surface area (Å²) in [4.78, 5) is 29.6. The Morgan fingerprint density at radius 3 is 1.77 bits per heavy atom. The highest BCUT2D eigenvalue weighted by Gasteiger charge is 1.99. The van der Waals surface area contributed by atoms with Crippen LogP contribution in [0.3, 0.4) is 0 Å². The summed E-state index contributed by atoms with van der Waals surface area (Å²) in [6.07, 6.45) is 7.26. The van der Waals surface area contributed by atoms with Crippen molar-refractivity contribution in [2.24, 2.45) is 0 Å². The molecule has 30 heavy (non-hydrogen) atoms. The van der Waals surface area contributed by atoms with E-state index in [4.69, 9.17) is 10.2 Å². The van der Waals surface area contributed by atoms with Gasteiger partial charge in [-0.1, -0.05) is 89.4 Å². The third-order valence-corrected chi connectivity index (χ3v) is 2.97. The van der Waals surface area contributed by atoms with Crippen molar-refractivity contribution in [1.82, 2.24) is 0 Å². The molecule has 0 unspecified atom stereocenters. The van der Waals surface area contributed by atoms with Gasteiger partial charge in [0.2, 0.25) is 0 Å². The number of ether oxygens (including phenoxy) is 1. The van der Waals surface area contributed by atoms with Gasteiger partial charge in [0.05, 0.1) is 6.61 Å². The van der Waals surface area contributed by atoms with Crippen LogP contribution in [0.4, 0.5) is 0 Å². The van der Waals surface area contributed by atoms with Crippen molar-refractivity contribution in [1.29, 1.82) is 0 Å². The lowest BCUT2D eigenvalue weighted by molar-refractivity contribution is -0.138. The molecule has 0 atom stereocenters. The van der Waals surface area contributed by atoms with Gasteiger partial charge >= 0.3 is 17.9 Å². The summed E-state index contributed by atoms with van der Waals surface area (Å²) in [7, 11) is 0. The zero-order valence-corrected chi connectivity index (χ0v) is 18.0. The number of hydrogen-bond donors (Lipinski definition) is 2. The summed E-state index contributed by atoms with van der Waals surface area (Å²) in [5.74, 6) is -2.19. The van der Waals surface area contributed by atoms with E-state index in [1.165, 1.54) is 11.6 Å². The predicted octanol–water partition coefficient (Wildman–Crippen LogP) is 5.53. The molecule has 0 heterocycles. The van der Waals surface area contributed by atoms with Crippen LogP contribution in [0.2, 0.25) is 0 Å². The van der Waals surface area contributed by atoms with Crippen molar-refractivity contribution in [2.45, 2.75) is 39.5 Å². The van der Waals surface area contributed by atoms with Crippen LogP contribution in [0.15, 0.2) is 74.4 Å². The molecular weight excluding hydrogens is 384 g/mol. The first-order valence-corrected chi connectivity index (χ1v) is 9.43. The average Bonchev–Trinajstić information content (AvgIpc) is 2.75. The van der Waals surface area contributed by atoms with Gasteiger partial charge in [0.1, 0.15) is 0 Å². The van der Waals surface area contributed by atoms with Gasteiger partial charge in [0.25, 0.3) is 0 Å². The molecular formula is C24H34O6. The third kappa shape index (κ3) is 26.8. The Bertz CT molecular complexity index is 647. The lowest BCUT2D eigenvalue weighted by Crippen LogP contribution is -2.00. The second-order valence-electron chi connectivity index (χ2n) is 5.54. The van der Waals surface area contributed by atoms with Crippen molar-refractivity contribution >= 4 is 24.0 Å². The number of aliphatic carboxylic acids is 2. The molecule has 1 rings (SSSR count). The van der Waals surface area contributed by atoms with E-state index in [0.717, 1.165) is 25.3 Å². The molecule has 0 aromatic heterocycles. The largest absolute Gasteiger partial charge is 0.478 e. The second kappa shape index (κ2) is 23.6. The topological polar surface area (TPSA) is 101 Å². The number of hydrogen-bond acceptors (Lipinski definition) is 4. The predicted molar refractivity (Wildman–Crippen MR) is 122 cm³/mol. The number of carbonyl (C=O) groups excluding carboxylic acids is 1. The molecule has 0 saturated heterocycles. The third-order valence-electron chi connectivity index (χ3n) is 2.97. The van der Waals surface area contributed by atoms with Crippen molar-refractivity contribution in [2.75, 3.05) is 6.61 Å². The fourth-order valence-electron chi connectivity index (χ4n) is 1.37. The first-order chi connectivity index (χ1) is 14.2. The monoisotopic (exact) mass is 418 g/mol. The van der Waals surface area contributed by atoms with E-state index in [1.54, 1.807) is 0 Å². The maximum absolute atomic E-state index is 10.3. The lowest BCUT2D eigenvalue weighted by Gasteiger charge is -1.97. The second-order valence-corrected chi connectivity index (χ2v) is 5.54. The highest BCUT2D eigenvalue weighted by atomic mass is 16.5. The van der Waals surface area contributed by atoms with Gasteiger partial charge in [-0.3, -0.25) is 0 Å². The van der Waals surface area contributed by atoms with Gasteiger partial charge in [-0.15, -0.1) is 0 Å². The number of rotatable bonds is 9. The summed E-state index contributed by atoms with van der Waals surface area (Å²) >= 11 is 0. The molecule has 0 fully saturated rings. The van der Waals surface area contributed by atoms with E-state index in [-0.39, 0.29) is 5.97 Å². The number of carboxylic acids is 2. The van der Waals surface area contributed by atoms with E-state index >= 15 is 0 Å². The maximum atomic E-state index is 10.3. The number of esters is 1. The number of benzene rings is 1. The van der Waals surface area contributed by atoms with Gasteiger partial charge in [0.15, 0.2) is 0 Å². The summed E-state index contributed by atoms with van der Waals surface area (Å²) in [5.41, 5.74) is 1.47. The van der Waals surface area contributed by atoms with Crippen LogP contribution in [0.25, 0.3) is 6.08 Å². The molecule has 166 valence electrons. The molecule has 1 aromatic carbocycles. The molecule has 6 heteroatoms. The quantitative estimate of drug-likeness (QED) is 0.311. The van der Waals surface area contributed by atoms with Crippen molar-refractivity contribution < 1.29 is 29.3 Å². The van der Waals surface area contributed by atoms with Crippen LogP contribution in [-0.2, 0) is 19.1 Å². The van der Waals surface area contributed by atoms with Crippen LogP contribution in [-0.4, -0.2) is 34.7 Å². The molecule has 0 radical (unpaired) electrons. The average molecular weight is 419 g/mol. The van der Waals surface area contributed by atoms with Gasteiger partial charge in [-0.2, -0.15) is 0 Å². The van der Waals surface area contributed by atoms with E-state index in [1.807, 2.05) is 50.3 Å². The fraction of sp³-hybridized carbons (Fsp3) is 0.292. The molecule has 1 aromatic rings. The molecule has 6 nitrogen and oxygen atoms in total. The molecule has 0 aliphatic heterocycles. The van der Waals surface area contributed by atoms with Gasteiger partial charge in [-0.05, 0) is 18.4 Å². The number of carboxylic acid groups (broad SMARTS) is 2. The van der Waals surface area contributed by atoms with E-state index in [0.29, 0.717) is 18.6 Å². The van der Waals surface area contributed by atoms with Crippen LogP contribution >= 0.6 is 0 Å². The molecule has 0 amide bonds. The summed E-state index contributed by atoms with van der Waals surface area (Å²) in [5, 5.41) is 15.8. The minimum atomic E-state index is -0.981. The number of unbranched alkanes of at least 4 members (excludes halogenated alkanes) is 1. The molecule has 0 aliphatic rings. The van der Waals surface area contributed by atoms with Gasteiger partial charge < -0.3 is 14.9 Å². The number of carbonyl (C=O) groups is 3. The Morgan fingerprint density at radius 1 is 0.967 bits per heavy atom. The summed E-state index contributed by atoms with van der Waals surface area (Å²) < 4.78 is 4.67. The zero-order valence-electron chi connectivity index (χ0n) is 18.0. The molecule has 0 bridgehead atoms. The highest BCUT2D eigenvalue weighted by Crippen LogP contribution is 1.99. The molecule has 0 saturated carbocycles. The molecule has 0 aliphatic carbocycles. The smallest absolute Gasteiger partial charge is 0.330 e. The van der Waals surface area contributed by atoms with E-state index < -0.39 is 11.9 Å². The Balaban J connectivity index is -0.000000330. The minimum absolute atomic E-state index is 0.299. The van der Waals surface area contributed by atoms with Gasteiger partial charge in [0, 0.05) is 17.7 Å². The fourth-order valence-corrected chi connectivity index (χ4v) is 1.37. The zero-order chi connectivity index (χ0) is 23.8. The Kier molecular flexibility index (Phi) is 24.6. The summed E-state index contributed by atoms with van der Waals surface area (Å²) in [6, 6.07) is 10.0. The van der Waals surface area contributed by atoms with E-state index in [9.17, 15) is 14.4 Å². The van der Waals surface area contributed by atoms with Crippen molar-refractivity contribution in [3.05, 3.63) is 79.9 Å². The standard InChI is InChI=1S/C8H8.C7H12O2.C6H10O2.C3H4O2/c1-2-8-6-4-3-5-7-8;1-3-5-6-9-7(8)4-2;1-3-4-5(2)6(7)8;1-2-3(4)5/h2-7H,1H2;4H,2-3,5-6H2,1H3;2-4H2,1H3,(H,7,8);2H,1H2,(H,4,5).